The number of aliphatic hydroxyl groups is 2. The zero-order valence-corrected chi connectivity index (χ0v) is 44.2. The molecule has 3 N–H and O–H groups in total. The van der Waals surface area contributed by atoms with Crippen LogP contribution in [0.2, 0.25) is 0 Å². The van der Waals surface area contributed by atoms with Crippen LogP contribution < -0.4 is 5.32 Å². The monoisotopic (exact) mass is 928 g/mol. The molecule has 66 heavy (non-hydrogen) atoms. The summed E-state index contributed by atoms with van der Waals surface area (Å²) in [6.45, 7) is 4.85. The number of carbonyl (C=O) groups is 2. The molecule has 0 aromatic rings. The van der Waals surface area contributed by atoms with Gasteiger partial charge in [-0.2, -0.15) is 0 Å². The van der Waals surface area contributed by atoms with Gasteiger partial charge < -0.3 is 20.3 Å². The average Bonchev–Trinajstić information content (AvgIpc) is 3.32. The standard InChI is InChI=1S/C60H113NO5/c1-3-5-7-9-11-13-15-17-18-19-20-21-22-23-24-25-26-27-29-32-36-40-44-48-52-58(63)57(56-62)61-59(64)53-49-45-41-37-33-30-28-31-35-39-43-47-51-55-66-60(65)54-50-46-42-38-34-16-14-12-10-8-6-4-2/h30,33,41,45,48,52,57-58,62-63H,3-29,31-32,34-40,42-44,46-47,49-51,53-56H2,1-2H3,(H,61,64)/b33-30-,45-41-,52-48+. The highest BCUT2D eigenvalue weighted by Crippen LogP contribution is 2.17. The molecule has 6 nitrogen and oxygen atoms in total. The second kappa shape index (κ2) is 55.7. The van der Waals surface area contributed by atoms with Crippen LogP contribution in [0.15, 0.2) is 36.5 Å². The van der Waals surface area contributed by atoms with Crippen molar-refractivity contribution in [3.63, 3.8) is 0 Å². The van der Waals surface area contributed by atoms with Gasteiger partial charge in [0.2, 0.25) is 5.91 Å². The molecule has 2 atom stereocenters. The Morgan fingerprint density at radius 3 is 1.18 bits per heavy atom. The van der Waals surface area contributed by atoms with Crippen LogP contribution in [0.25, 0.3) is 0 Å². The Labute approximate surface area is 411 Å². The first-order chi connectivity index (χ1) is 32.5. The lowest BCUT2D eigenvalue weighted by Crippen LogP contribution is -2.45. The van der Waals surface area contributed by atoms with Crippen molar-refractivity contribution in [3.8, 4) is 0 Å². The first-order valence-corrected chi connectivity index (χ1v) is 29.3. The van der Waals surface area contributed by atoms with Crippen LogP contribution in [0, 0.1) is 0 Å². The molecule has 1 amide bonds. The van der Waals surface area contributed by atoms with Crippen molar-refractivity contribution in [1.82, 2.24) is 5.32 Å². The van der Waals surface area contributed by atoms with Gasteiger partial charge in [0.25, 0.3) is 0 Å². The quantitative estimate of drug-likeness (QED) is 0.0321. The van der Waals surface area contributed by atoms with Crippen molar-refractivity contribution in [1.29, 1.82) is 0 Å². The summed E-state index contributed by atoms with van der Waals surface area (Å²) in [6, 6.07) is -0.673. The number of rotatable bonds is 54. The minimum absolute atomic E-state index is 0.0175. The lowest BCUT2D eigenvalue weighted by atomic mass is 10.0. The summed E-state index contributed by atoms with van der Waals surface area (Å²) in [6.07, 6.45) is 69.0. The number of nitrogens with one attached hydrogen (secondary N) is 1. The third-order valence-corrected chi connectivity index (χ3v) is 13.4. The number of esters is 1. The highest BCUT2D eigenvalue weighted by Gasteiger charge is 2.17. The zero-order chi connectivity index (χ0) is 47.9. The number of hydrogen-bond donors (Lipinski definition) is 3. The minimum Gasteiger partial charge on any atom is -0.466 e. The summed E-state index contributed by atoms with van der Waals surface area (Å²) in [5.41, 5.74) is 0. The van der Waals surface area contributed by atoms with E-state index < -0.39 is 12.1 Å². The molecule has 0 fully saturated rings. The lowest BCUT2D eigenvalue weighted by Gasteiger charge is -2.19. The molecule has 0 spiro atoms. The molecule has 0 aliphatic heterocycles. The van der Waals surface area contributed by atoms with Crippen LogP contribution in [0.5, 0.6) is 0 Å². The number of allylic oxidation sites excluding steroid dienone is 5. The van der Waals surface area contributed by atoms with Gasteiger partial charge in [-0.1, -0.05) is 281 Å². The molecule has 0 radical (unpaired) electrons. The van der Waals surface area contributed by atoms with E-state index in [0.29, 0.717) is 25.9 Å². The van der Waals surface area contributed by atoms with Crippen molar-refractivity contribution in [3.05, 3.63) is 36.5 Å². The van der Waals surface area contributed by atoms with E-state index in [1.807, 2.05) is 12.2 Å². The van der Waals surface area contributed by atoms with Gasteiger partial charge in [0.1, 0.15) is 0 Å². The van der Waals surface area contributed by atoms with Crippen LogP contribution in [0.3, 0.4) is 0 Å². The van der Waals surface area contributed by atoms with Gasteiger partial charge in [-0.3, -0.25) is 9.59 Å². The van der Waals surface area contributed by atoms with E-state index in [1.54, 1.807) is 6.08 Å². The largest absolute Gasteiger partial charge is 0.466 e. The summed E-state index contributed by atoms with van der Waals surface area (Å²) < 4.78 is 5.45. The van der Waals surface area contributed by atoms with Crippen LogP contribution in [0.4, 0.5) is 0 Å². The Hall–Kier alpha value is -1.92. The summed E-state index contributed by atoms with van der Waals surface area (Å²) in [5, 5.41) is 23.1. The highest BCUT2D eigenvalue weighted by atomic mass is 16.5. The van der Waals surface area contributed by atoms with E-state index in [2.05, 4.69) is 37.4 Å². The fourth-order valence-electron chi connectivity index (χ4n) is 8.92. The second-order valence-corrected chi connectivity index (χ2v) is 20.0. The molecule has 0 aliphatic rings. The fraction of sp³-hybridized carbons (Fsp3) is 0.867. The van der Waals surface area contributed by atoms with Crippen LogP contribution in [-0.4, -0.2) is 47.4 Å². The Bertz CT molecular complexity index is 1070. The van der Waals surface area contributed by atoms with Crippen molar-refractivity contribution in [2.24, 2.45) is 0 Å². The van der Waals surface area contributed by atoms with Crippen molar-refractivity contribution in [2.75, 3.05) is 13.2 Å². The van der Waals surface area contributed by atoms with Gasteiger partial charge in [-0.15, -0.1) is 0 Å². The Morgan fingerprint density at radius 1 is 0.424 bits per heavy atom. The van der Waals surface area contributed by atoms with E-state index in [9.17, 15) is 19.8 Å². The molecule has 6 heteroatoms. The van der Waals surface area contributed by atoms with E-state index in [1.165, 1.54) is 225 Å². The number of unbranched alkanes of at least 4 members (excludes halogenated alkanes) is 39. The van der Waals surface area contributed by atoms with Crippen LogP contribution in [0.1, 0.15) is 309 Å². The smallest absolute Gasteiger partial charge is 0.305 e. The fourth-order valence-corrected chi connectivity index (χ4v) is 8.92. The van der Waals surface area contributed by atoms with Gasteiger partial charge >= 0.3 is 5.97 Å². The predicted molar refractivity (Wildman–Crippen MR) is 287 cm³/mol. The predicted octanol–water partition coefficient (Wildman–Crippen LogP) is 18.0. The molecule has 0 rings (SSSR count). The third-order valence-electron chi connectivity index (χ3n) is 13.4. The topological polar surface area (TPSA) is 95.9 Å². The molecule has 0 saturated carbocycles. The maximum absolute atomic E-state index is 12.4. The highest BCUT2D eigenvalue weighted by molar-refractivity contribution is 5.76. The molecule has 0 heterocycles. The summed E-state index contributed by atoms with van der Waals surface area (Å²) in [5.74, 6) is -0.164. The maximum Gasteiger partial charge on any atom is 0.305 e. The molecule has 0 aliphatic carbocycles. The molecule has 0 bridgehead atoms. The molecule has 0 saturated heterocycles. The second-order valence-electron chi connectivity index (χ2n) is 20.0. The van der Waals surface area contributed by atoms with Crippen molar-refractivity contribution >= 4 is 11.9 Å². The molecule has 388 valence electrons. The normalized spacial score (nSPS) is 12.8. The van der Waals surface area contributed by atoms with Crippen molar-refractivity contribution in [2.45, 2.75) is 321 Å². The Morgan fingerprint density at radius 2 is 0.773 bits per heavy atom. The number of ether oxygens (including phenoxy) is 1. The van der Waals surface area contributed by atoms with Gasteiger partial charge in [0, 0.05) is 12.8 Å². The van der Waals surface area contributed by atoms with Gasteiger partial charge in [0.05, 0.1) is 25.4 Å². The lowest BCUT2D eigenvalue weighted by molar-refractivity contribution is -0.143. The number of carbonyl (C=O) groups excluding carboxylic acids is 2. The van der Waals surface area contributed by atoms with E-state index in [0.717, 1.165) is 51.4 Å². The first kappa shape index (κ1) is 64.1. The van der Waals surface area contributed by atoms with E-state index in [4.69, 9.17) is 4.74 Å². The summed E-state index contributed by atoms with van der Waals surface area (Å²) in [4.78, 5) is 24.4. The first-order valence-electron chi connectivity index (χ1n) is 29.3. The molecule has 0 aromatic heterocycles. The molecular formula is C60H113NO5. The average molecular weight is 929 g/mol. The van der Waals surface area contributed by atoms with E-state index in [-0.39, 0.29) is 18.5 Å². The Kier molecular flexibility index (Phi) is 54.1. The maximum atomic E-state index is 12.4. The van der Waals surface area contributed by atoms with E-state index >= 15 is 0 Å². The number of amides is 1. The summed E-state index contributed by atoms with van der Waals surface area (Å²) >= 11 is 0. The third kappa shape index (κ3) is 51.5. The van der Waals surface area contributed by atoms with Gasteiger partial charge in [0.15, 0.2) is 0 Å². The SMILES string of the molecule is CCCCCCCCCCCCCCCCCCCCCCCC/C=C/C(O)C(CO)NC(=O)CC/C=C\C/C=C\CCCCCCCCOC(=O)CCCCCCCCCCCCCC. The van der Waals surface area contributed by atoms with Crippen LogP contribution in [-0.2, 0) is 14.3 Å². The van der Waals surface area contributed by atoms with Gasteiger partial charge in [-0.25, -0.2) is 0 Å². The minimum atomic E-state index is -0.880. The van der Waals surface area contributed by atoms with Crippen LogP contribution >= 0.6 is 0 Å². The zero-order valence-electron chi connectivity index (χ0n) is 44.2. The molecule has 0 aromatic carbocycles. The van der Waals surface area contributed by atoms with Gasteiger partial charge in [-0.05, 0) is 51.4 Å². The van der Waals surface area contributed by atoms with Crippen molar-refractivity contribution < 1.29 is 24.5 Å². The number of hydrogen-bond acceptors (Lipinski definition) is 5. The number of aliphatic hydroxyl groups excluding tert-OH is 2. The summed E-state index contributed by atoms with van der Waals surface area (Å²) in [7, 11) is 0. The Balaban J connectivity index is 3.57. The molecule has 2 unspecified atom stereocenters. The molecular weight excluding hydrogens is 815 g/mol.